The van der Waals surface area contributed by atoms with Crippen LogP contribution < -0.4 is 9.47 Å². The van der Waals surface area contributed by atoms with Gasteiger partial charge in [0.25, 0.3) is 10.1 Å². The molecule has 1 heterocycles. The lowest BCUT2D eigenvalue weighted by Gasteiger charge is -2.11. The number of methoxy groups -OCH3 is 1. The average molecular weight is 337 g/mol. The van der Waals surface area contributed by atoms with Gasteiger partial charge in [0.1, 0.15) is 12.7 Å². The number of hydrogen-bond acceptors (Lipinski definition) is 5. The summed E-state index contributed by atoms with van der Waals surface area (Å²) in [4.78, 5) is 0. The highest BCUT2D eigenvalue weighted by atomic mass is 79.9. The van der Waals surface area contributed by atoms with E-state index in [1.54, 1.807) is 13.2 Å². The molecule has 0 radical (unpaired) electrons. The SMILES string of the molecule is COc1cc(Br)cc2c1OC(COS(C)(=O)=O)C2. The fourth-order valence-corrected chi connectivity index (χ4v) is 2.69. The van der Waals surface area contributed by atoms with Gasteiger partial charge in [0.2, 0.25) is 0 Å². The second kappa shape index (κ2) is 5.07. The summed E-state index contributed by atoms with van der Waals surface area (Å²) in [5.74, 6) is 1.28. The van der Waals surface area contributed by atoms with Crippen LogP contribution in [0.15, 0.2) is 16.6 Å². The van der Waals surface area contributed by atoms with Gasteiger partial charge < -0.3 is 9.47 Å². The van der Waals surface area contributed by atoms with Gasteiger partial charge in [-0.05, 0) is 12.1 Å². The molecule has 1 atom stereocenters. The Labute approximate surface area is 114 Å². The maximum atomic E-state index is 10.9. The lowest BCUT2D eigenvalue weighted by Crippen LogP contribution is -2.22. The standard InChI is InChI=1S/C11H13BrO5S/c1-15-10-5-8(12)3-7-4-9(17-11(7)10)6-16-18(2,13)14/h3,5,9H,4,6H2,1-2H3. The Hall–Kier alpha value is -0.790. The van der Waals surface area contributed by atoms with Crippen molar-refractivity contribution in [3.8, 4) is 11.5 Å². The van der Waals surface area contributed by atoms with Crippen molar-refractivity contribution in [2.24, 2.45) is 0 Å². The van der Waals surface area contributed by atoms with Gasteiger partial charge in [-0.25, -0.2) is 0 Å². The summed E-state index contributed by atoms with van der Waals surface area (Å²) < 4.78 is 38.4. The van der Waals surface area contributed by atoms with Gasteiger partial charge in [0.05, 0.1) is 13.4 Å². The molecule has 0 bridgehead atoms. The van der Waals surface area contributed by atoms with Crippen molar-refractivity contribution in [3.63, 3.8) is 0 Å². The van der Waals surface area contributed by atoms with Gasteiger partial charge in [0, 0.05) is 16.5 Å². The Morgan fingerprint density at radius 3 is 2.83 bits per heavy atom. The van der Waals surface area contributed by atoms with Crippen molar-refractivity contribution >= 4 is 26.0 Å². The normalized spacial score (nSPS) is 18.3. The van der Waals surface area contributed by atoms with Crippen LogP contribution in [0.25, 0.3) is 0 Å². The summed E-state index contributed by atoms with van der Waals surface area (Å²) in [5.41, 5.74) is 0.975. The van der Waals surface area contributed by atoms with Crippen molar-refractivity contribution < 1.29 is 22.1 Å². The minimum atomic E-state index is -3.44. The van der Waals surface area contributed by atoms with Crippen LogP contribution in [0.2, 0.25) is 0 Å². The Morgan fingerprint density at radius 1 is 1.50 bits per heavy atom. The van der Waals surface area contributed by atoms with E-state index in [-0.39, 0.29) is 12.7 Å². The maximum absolute atomic E-state index is 10.9. The molecule has 0 saturated carbocycles. The molecule has 7 heteroatoms. The zero-order chi connectivity index (χ0) is 13.3. The van der Waals surface area contributed by atoms with Crippen LogP contribution in [0.5, 0.6) is 11.5 Å². The van der Waals surface area contributed by atoms with E-state index in [9.17, 15) is 8.42 Å². The van der Waals surface area contributed by atoms with Gasteiger partial charge >= 0.3 is 0 Å². The number of hydrogen-bond donors (Lipinski definition) is 0. The molecule has 1 unspecified atom stereocenters. The summed E-state index contributed by atoms with van der Waals surface area (Å²) >= 11 is 3.38. The van der Waals surface area contributed by atoms with E-state index in [2.05, 4.69) is 15.9 Å². The van der Waals surface area contributed by atoms with E-state index < -0.39 is 10.1 Å². The van der Waals surface area contributed by atoms with Crippen molar-refractivity contribution in [1.29, 1.82) is 0 Å². The quantitative estimate of drug-likeness (QED) is 0.783. The van der Waals surface area contributed by atoms with Crippen molar-refractivity contribution in [2.75, 3.05) is 20.0 Å². The lowest BCUT2D eigenvalue weighted by atomic mass is 10.1. The minimum Gasteiger partial charge on any atom is -0.493 e. The smallest absolute Gasteiger partial charge is 0.264 e. The number of fused-ring (bicyclic) bond motifs is 1. The summed E-state index contributed by atoms with van der Waals surface area (Å²) in [6, 6.07) is 3.73. The second-order valence-electron chi connectivity index (χ2n) is 4.03. The Kier molecular flexibility index (Phi) is 3.84. The Bertz CT molecular complexity index is 555. The molecular formula is C11H13BrO5S. The molecule has 1 aliphatic heterocycles. The van der Waals surface area contributed by atoms with Gasteiger partial charge in [-0.3, -0.25) is 4.18 Å². The highest BCUT2D eigenvalue weighted by Gasteiger charge is 2.27. The first kappa shape index (κ1) is 13.6. The average Bonchev–Trinajstić information content (AvgIpc) is 2.67. The zero-order valence-electron chi connectivity index (χ0n) is 9.97. The van der Waals surface area contributed by atoms with Crippen molar-refractivity contribution in [2.45, 2.75) is 12.5 Å². The van der Waals surface area contributed by atoms with Crippen LogP contribution in [0, 0.1) is 0 Å². The predicted octanol–water partition coefficient (Wildman–Crippen LogP) is 1.74. The van der Waals surface area contributed by atoms with Gasteiger partial charge in [0.15, 0.2) is 11.5 Å². The molecule has 18 heavy (non-hydrogen) atoms. The molecule has 5 nitrogen and oxygen atoms in total. The number of benzene rings is 1. The van der Waals surface area contributed by atoms with E-state index in [0.29, 0.717) is 17.9 Å². The second-order valence-corrected chi connectivity index (χ2v) is 6.59. The first-order valence-electron chi connectivity index (χ1n) is 5.26. The molecule has 1 aromatic rings. The molecule has 0 aliphatic carbocycles. The topological polar surface area (TPSA) is 61.8 Å². The lowest BCUT2D eigenvalue weighted by molar-refractivity contribution is 0.149. The predicted molar refractivity (Wildman–Crippen MR) is 69.6 cm³/mol. The molecule has 100 valence electrons. The van der Waals surface area contributed by atoms with Gasteiger partial charge in [-0.1, -0.05) is 15.9 Å². The van der Waals surface area contributed by atoms with E-state index in [4.69, 9.17) is 13.7 Å². The van der Waals surface area contributed by atoms with Crippen LogP contribution in [-0.4, -0.2) is 34.5 Å². The third-order valence-electron chi connectivity index (χ3n) is 2.52. The monoisotopic (exact) mass is 336 g/mol. The van der Waals surface area contributed by atoms with Crippen LogP contribution in [-0.2, 0) is 20.7 Å². The van der Waals surface area contributed by atoms with Crippen LogP contribution >= 0.6 is 15.9 Å². The van der Waals surface area contributed by atoms with Crippen LogP contribution in [0.4, 0.5) is 0 Å². The zero-order valence-corrected chi connectivity index (χ0v) is 12.4. The van der Waals surface area contributed by atoms with E-state index in [1.165, 1.54) is 0 Å². The first-order valence-corrected chi connectivity index (χ1v) is 7.87. The van der Waals surface area contributed by atoms with Gasteiger partial charge in [-0.15, -0.1) is 0 Å². The Balaban J connectivity index is 2.12. The largest absolute Gasteiger partial charge is 0.493 e. The summed E-state index contributed by atoms with van der Waals surface area (Å²) in [6.45, 7) is 0.00822. The molecule has 0 fully saturated rings. The third-order valence-corrected chi connectivity index (χ3v) is 3.54. The number of ether oxygens (including phenoxy) is 2. The molecule has 0 saturated heterocycles. The number of rotatable bonds is 4. The highest BCUT2D eigenvalue weighted by molar-refractivity contribution is 9.10. The van der Waals surface area contributed by atoms with Gasteiger partial charge in [-0.2, -0.15) is 8.42 Å². The first-order chi connectivity index (χ1) is 8.39. The minimum absolute atomic E-state index is 0.00822. The van der Waals surface area contributed by atoms with Crippen LogP contribution in [0.1, 0.15) is 5.56 Å². The third kappa shape index (κ3) is 3.15. The number of halogens is 1. The molecule has 0 aromatic heterocycles. The van der Waals surface area contributed by atoms with Crippen molar-refractivity contribution in [3.05, 3.63) is 22.2 Å². The molecule has 0 N–H and O–H groups in total. The molecule has 1 aliphatic rings. The Morgan fingerprint density at radius 2 is 2.22 bits per heavy atom. The maximum Gasteiger partial charge on any atom is 0.264 e. The van der Waals surface area contributed by atoms with Crippen molar-refractivity contribution in [1.82, 2.24) is 0 Å². The fourth-order valence-electron chi connectivity index (χ4n) is 1.81. The summed E-state index contributed by atoms with van der Waals surface area (Å²) in [7, 11) is -1.88. The summed E-state index contributed by atoms with van der Waals surface area (Å²) in [5, 5.41) is 0. The summed E-state index contributed by atoms with van der Waals surface area (Å²) in [6.07, 6.45) is 1.31. The van der Waals surface area contributed by atoms with Crippen LogP contribution in [0.3, 0.4) is 0 Å². The van der Waals surface area contributed by atoms with E-state index in [1.807, 2.05) is 6.07 Å². The molecule has 0 spiro atoms. The molecule has 2 rings (SSSR count). The molecular weight excluding hydrogens is 324 g/mol. The fraction of sp³-hybridized carbons (Fsp3) is 0.455. The van der Waals surface area contributed by atoms with E-state index >= 15 is 0 Å². The molecule has 1 aromatic carbocycles. The van der Waals surface area contributed by atoms with E-state index in [0.717, 1.165) is 16.3 Å². The highest BCUT2D eigenvalue weighted by Crippen LogP contribution is 2.40. The molecule has 0 amide bonds.